The van der Waals surface area contributed by atoms with Gasteiger partial charge in [-0.2, -0.15) is 0 Å². The summed E-state index contributed by atoms with van der Waals surface area (Å²) in [6.45, 7) is 4.93. The van der Waals surface area contributed by atoms with E-state index in [-0.39, 0.29) is 25.3 Å². The molecular formula is C15H19NO5. The van der Waals surface area contributed by atoms with Gasteiger partial charge in [0.1, 0.15) is 19.0 Å². The molecule has 1 spiro atoms. The molecule has 0 aromatic heterocycles. The van der Waals surface area contributed by atoms with Crippen molar-refractivity contribution >= 4 is 6.09 Å². The highest BCUT2D eigenvalue weighted by Gasteiger charge is 2.49. The lowest BCUT2D eigenvalue weighted by Gasteiger charge is -2.24. The Labute approximate surface area is 123 Å². The third-order valence-electron chi connectivity index (χ3n) is 3.75. The van der Waals surface area contributed by atoms with Crippen LogP contribution in [0.3, 0.4) is 0 Å². The van der Waals surface area contributed by atoms with Gasteiger partial charge in [-0.15, -0.1) is 0 Å². The van der Waals surface area contributed by atoms with E-state index in [0.717, 1.165) is 0 Å². The average Bonchev–Trinajstić information content (AvgIpc) is 2.70. The third-order valence-corrected chi connectivity index (χ3v) is 3.75. The molecule has 0 saturated carbocycles. The summed E-state index contributed by atoms with van der Waals surface area (Å²) < 4.78 is 22.3. The number of hydrogen-bond donors (Lipinski definition) is 0. The Morgan fingerprint density at radius 3 is 2.57 bits per heavy atom. The molecule has 21 heavy (non-hydrogen) atoms. The quantitative estimate of drug-likeness (QED) is 0.835. The van der Waals surface area contributed by atoms with Crippen molar-refractivity contribution in [3.8, 4) is 17.2 Å². The Bertz CT molecular complexity index is 559. The van der Waals surface area contributed by atoms with E-state index < -0.39 is 5.60 Å². The summed E-state index contributed by atoms with van der Waals surface area (Å²) >= 11 is 0. The Balaban J connectivity index is 1.80. The second-order valence-corrected chi connectivity index (χ2v) is 5.66. The van der Waals surface area contributed by atoms with Crippen molar-refractivity contribution in [2.24, 2.45) is 0 Å². The lowest BCUT2D eigenvalue weighted by molar-refractivity contribution is -0.00559. The number of benzene rings is 1. The monoisotopic (exact) mass is 293 g/mol. The number of ether oxygens (including phenoxy) is 4. The lowest BCUT2D eigenvalue weighted by Crippen LogP contribution is -2.45. The van der Waals surface area contributed by atoms with Crippen LogP contribution in [0.2, 0.25) is 0 Å². The minimum atomic E-state index is -0.756. The third kappa shape index (κ3) is 2.46. The van der Waals surface area contributed by atoms with Crippen molar-refractivity contribution < 1.29 is 23.7 Å². The molecule has 0 N–H and O–H groups in total. The molecule has 6 nitrogen and oxygen atoms in total. The van der Waals surface area contributed by atoms with E-state index in [4.69, 9.17) is 18.9 Å². The first-order chi connectivity index (χ1) is 10.0. The second kappa shape index (κ2) is 5.02. The van der Waals surface area contributed by atoms with Gasteiger partial charge in [-0.1, -0.05) is 0 Å². The summed E-state index contributed by atoms with van der Waals surface area (Å²) in [5.41, 5.74) is -0.756. The highest BCUT2D eigenvalue weighted by molar-refractivity contribution is 5.71. The zero-order valence-electron chi connectivity index (χ0n) is 12.4. The fourth-order valence-electron chi connectivity index (χ4n) is 2.50. The summed E-state index contributed by atoms with van der Waals surface area (Å²) in [6, 6.07) is 5.46. The van der Waals surface area contributed by atoms with Gasteiger partial charge in [-0.3, -0.25) is 0 Å². The zero-order chi connectivity index (χ0) is 15.0. The molecule has 1 aromatic rings. The predicted molar refractivity (Wildman–Crippen MR) is 75.0 cm³/mol. The molecule has 0 bridgehead atoms. The molecule has 2 aliphatic rings. The molecule has 1 amide bonds. The fourth-order valence-corrected chi connectivity index (χ4v) is 2.50. The largest absolute Gasteiger partial charge is 0.497 e. The maximum absolute atomic E-state index is 11.9. The van der Waals surface area contributed by atoms with E-state index in [1.807, 2.05) is 13.8 Å². The minimum Gasteiger partial charge on any atom is -0.497 e. The highest BCUT2D eigenvalue weighted by Crippen LogP contribution is 2.37. The standard InChI is InChI=1S/C15H19NO5/c1-10(2)16-7-15(21-14(16)17)8-19-12-5-4-11(18-3)6-13(12)20-9-15/h4-6,10H,7-9H2,1-3H3. The molecule has 6 heteroatoms. The van der Waals surface area contributed by atoms with Crippen molar-refractivity contribution in [1.82, 2.24) is 4.90 Å². The molecule has 1 fully saturated rings. The van der Waals surface area contributed by atoms with Crippen LogP contribution in [0.15, 0.2) is 18.2 Å². The minimum absolute atomic E-state index is 0.0857. The molecule has 114 valence electrons. The van der Waals surface area contributed by atoms with Gasteiger partial charge in [0.2, 0.25) is 0 Å². The van der Waals surface area contributed by atoms with E-state index in [0.29, 0.717) is 23.8 Å². The van der Waals surface area contributed by atoms with Gasteiger partial charge >= 0.3 is 6.09 Å². The van der Waals surface area contributed by atoms with Crippen LogP contribution in [0.5, 0.6) is 17.2 Å². The molecule has 0 aliphatic carbocycles. The van der Waals surface area contributed by atoms with Gasteiger partial charge in [0, 0.05) is 12.1 Å². The van der Waals surface area contributed by atoms with E-state index in [1.165, 1.54) is 0 Å². The molecular weight excluding hydrogens is 274 g/mol. The van der Waals surface area contributed by atoms with Crippen molar-refractivity contribution in [1.29, 1.82) is 0 Å². The molecule has 2 aliphatic heterocycles. The van der Waals surface area contributed by atoms with E-state index >= 15 is 0 Å². The molecule has 2 heterocycles. The molecule has 1 aromatic carbocycles. The number of carbonyl (C=O) groups is 1. The van der Waals surface area contributed by atoms with Gasteiger partial charge < -0.3 is 23.8 Å². The lowest BCUT2D eigenvalue weighted by atomic mass is 10.1. The molecule has 1 atom stereocenters. The Hall–Kier alpha value is -2.11. The van der Waals surface area contributed by atoms with Gasteiger partial charge in [-0.05, 0) is 26.0 Å². The van der Waals surface area contributed by atoms with Crippen LogP contribution >= 0.6 is 0 Å². The second-order valence-electron chi connectivity index (χ2n) is 5.66. The van der Waals surface area contributed by atoms with Crippen LogP contribution in [-0.4, -0.2) is 49.5 Å². The molecule has 1 unspecified atom stereocenters. The fraction of sp³-hybridized carbons (Fsp3) is 0.533. The van der Waals surface area contributed by atoms with Crippen molar-refractivity contribution in [3.05, 3.63) is 18.2 Å². The summed E-state index contributed by atoms with van der Waals surface area (Å²) in [7, 11) is 1.60. The first kappa shape index (κ1) is 13.9. The van der Waals surface area contributed by atoms with Gasteiger partial charge in [0.15, 0.2) is 17.1 Å². The number of amides is 1. The van der Waals surface area contributed by atoms with Crippen molar-refractivity contribution in [2.45, 2.75) is 25.5 Å². The molecule has 3 rings (SSSR count). The normalized spacial score (nSPS) is 24.2. The number of nitrogens with zero attached hydrogens (tertiary/aromatic N) is 1. The summed E-state index contributed by atoms with van der Waals surface area (Å²) in [5, 5.41) is 0. The van der Waals surface area contributed by atoms with Crippen LogP contribution in [0.1, 0.15) is 13.8 Å². The van der Waals surface area contributed by atoms with Gasteiger partial charge in [0.05, 0.1) is 13.7 Å². The zero-order valence-corrected chi connectivity index (χ0v) is 12.4. The molecule has 0 radical (unpaired) electrons. The smallest absolute Gasteiger partial charge is 0.411 e. The van der Waals surface area contributed by atoms with Gasteiger partial charge in [-0.25, -0.2) is 4.79 Å². The number of methoxy groups -OCH3 is 1. The SMILES string of the molecule is COc1ccc2c(c1)OCC1(CO2)CN(C(C)C)C(=O)O1. The van der Waals surface area contributed by atoms with Gasteiger partial charge in [0.25, 0.3) is 0 Å². The van der Waals surface area contributed by atoms with Crippen LogP contribution in [0.25, 0.3) is 0 Å². The summed E-state index contributed by atoms with van der Waals surface area (Å²) in [6.07, 6.45) is -0.319. The topological polar surface area (TPSA) is 57.2 Å². The number of carbonyl (C=O) groups excluding carboxylic acids is 1. The average molecular weight is 293 g/mol. The van der Waals surface area contributed by atoms with Crippen LogP contribution in [-0.2, 0) is 4.74 Å². The summed E-state index contributed by atoms with van der Waals surface area (Å²) in [4.78, 5) is 13.6. The first-order valence-corrected chi connectivity index (χ1v) is 6.96. The molecule has 1 saturated heterocycles. The maximum Gasteiger partial charge on any atom is 0.411 e. The predicted octanol–water partition coefficient (Wildman–Crippen LogP) is 2.07. The Morgan fingerprint density at radius 1 is 1.24 bits per heavy atom. The van der Waals surface area contributed by atoms with Crippen molar-refractivity contribution in [3.63, 3.8) is 0 Å². The summed E-state index contributed by atoms with van der Waals surface area (Å²) in [5.74, 6) is 1.93. The maximum atomic E-state index is 11.9. The number of fused-ring (bicyclic) bond motifs is 1. The first-order valence-electron chi connectivity index (χ1n) is 6.96. The van der Waals surface area contributed by atoms with Crippen molar-refractivity contribution in [2.75, 3.05) is 26.9 Å². The van der Waals surface area contributed by atoms with E-state index in [1.54, 1.807) is 30.2 Å². The number of hydrogen-bond acceptors (Lipinski definition) is 5. The van der Waals surface area contributed by atoms with Crippen LogP contribution in [0, 0.1) is 0 Å². The number of rotatable bonds is 2. The Morgan fingerprint density at radius 2 is 1.95 bits per heavy atom. The van der Waals surface area contributed by atoms with E-state index in [2.05, 4.69) is 0 Å². The highest BCUT2D eigenvalue weighted by atomic mass is 16.6. The van der Waals surface area contributed by atoms with E-state index in [9.17, 15) is 4.79 Å². The van der Waals surface area contributed by atoms with Crippen LogP contribution in [0.4, 0.5) is 4.79 Å². The Kier molecular flexibility index (Phi) is 3.31. The van der Waals surface area contributed by atoms with Crippen LogP contribution < -0.4 is 14.2 Å².